The average molecular weight is 410 g/mol. The summed E-state index contributed by atoms with van der Waals surface area (Å²) in [5, 5.41) is 18.2. The number of halogens is 2. The third kappa shape index (κ3) is 4.21. The van der Waals surface area contributed by atoms with Gasteiger partial charge in [0.05, 0.1) is 22.5 Å². The number of rotatable bonds is 4. The lowest BCUT2D eigenvalue weighted by molar-refractivity contribution is 0.133. The molecule has 0 bridgehead atoms. The highest BCUT2D eigenvalue weighted by atomic mass is 35.5. The van der Waals surface area contributed by atoms with Crippen LogP contribution in [0.3, 0.4) is 0 Å². The van der Waals surface area contributed by atoms with Crippen LogP contribution in [0.25, 0.3) is 11.3 Å². The zero-order chi connectivity index (χ0) is 19.6. The first-order chi connectivity index (χ1) is 12.8. The zero-order valence-electron chi connectivity index (χ0n) is 14.2. The lowest BCUT2D eigenvalue weighted by atomic mass is 9.97. The molecule has 1 aromatic carbocycles. The Morgan fingerprint density at radius 1 is 1.26 bits per heavy atom. The Hall–Kier alpha value is -2.21. The van der Waals surface area contributed by atoms with Gasteiger partial charge < -0.3 is 5.11 Å². The molecule has 1 aliphatic rings. The quantitative estimate of drug-likeness (QED) is 0.804. The van der Waals surface area contributed by atoms with Crippen molar-refractivity contribution < 1.29 is 17.9 Å². The molecule has 0 radical (unpaired) electrons. The van der Waals surface area contributed by atoms with Crippen LogP contribution >= 0.6 is 11.6 Å². The summed E-state index contributed by atoms with van der Waals surface area (Å²) >= 11 is 6.24. The SMILES string of the molecule is N#Cc1nc(-c2ccc(NS(=O)(=O)C3CCCCC3O)cc2Cl)ccc1F. The highest BCUT2D eigenvalue weighted by Gasteiger charge is 2.34. The molecule has 6 nitrogen and oxygen atoms in total. The second-order valence-electron chi connectivity index (χ2n) is 6.37. The molecule has 0 amide bonds. The molecule has 9 heteroatoms. The van der Waals surface area contributed by atoms with Gasteiger partial charge in [-0.1, -0.05) is 24.4 Å². The van der Waals surface area contributed by atoms with Gasteiger partial charge in [0.1, 0.15) is 11.3 Å². The Morgan fingerprint density at radius 2 is 2.00 bits per heavy atom. The molecule has 0 saturated heterocycles. The van der Waals surface area contributed by atoms with E-state index in [9.17, 15) is 17.9 Å². The van der Waals surface area contributed by atoms with Crippen molar-refractivity contribution in [2.75, 3.05) is 4.72 Å². The molecule has 1 aliphatic carbocycles. The number of nitriles is 1. The van der Waals surface area contributed by atoms with Crippen molar-refractivity contribution in [2.24, 2.45) is 0 Å². The third-order valence-corrected chi connectivity index (χ3v) is 6.70. The number of pyridine rings is 1. The van der Waals surface area contributed by atoms with E-state index in [0.29, 0.717) is 24.1 Å². The number of hydrogen-bond donors (Lipinski definition) is 2. The van der Waals surface area contributed by atoms with Crippen molar-refractivity contribution in [1.29, 1.82) is 5.26 Å². The minimum atomic E-state index is -3.76. The molecule has 1 fully saturated rings. The van der Waals surface area contributed by atoms with Crippen molar-refractivity contribution in [3.8, 4) is 17.3 Å². The first-order valence-corrected chi connectivity index (χ1v) is 10.3. The Bertz CT molecular complexity index is 1010. The number of nitrogens with one attached hydrogen (secondary N) is 1. The summed E-state index contributed by atoms with van der Waals surface area (Å²) in [6, 6.07) is 8.64. The number of aliphatic hydroxyl groups excluding tert-OH is 1. The maximum absolute atomic E-state index is 13.4. The van der Waals surface area contributed by atoms with Crippen molar-refractivity contribution in [3.63, 3.8) is 0 Å². The fraction of sp³-hybridized carbons (Fsp3) is 0.333. The molecule has 142 valence electrons. The van der Waals surface area contributed by atoms with E-state index in [-0.39, 0.29) is 16.4 Å². The van der Waals surface area contributed by atoms with Gasteiger partial charge in [0.2, 0.25) is 10.0 Å². The lowest BCUT2D eigenvalue weighted by Gasteiger charge is -2.27. The highest BCUT2D eigenvalue weighted by molar-refractivity contribution is 7.93. The molecule has 2 unspecified atom stereocenters. The Balaban J connectivity index is 1.86. The Labute approximate surface area is 161 Å². The van der Waals surface area contributed by atoms with E-state index < -0.39 is 27.2 Å². The fourth-order valence-corrected chi connectivity index (χ4v) is 5.05. The molecule has 3 rings (SSSR count). The van der Waals surface area contributed by atoms with Crippen molar-refractivity contribution >= 4 is 27.3 Å². The molecule has 27 heavy (non-hydrogen) atoms. The molecular formula is C18H17ClFN3O3S. The lowest BCUT2D eigenvalue weighted by Crippen LogP contribution is -2.40. The largest absolute Gasteiger partial charge is 0.392 e. The van der Waals surface area contributed by atoms with E-state index in [1.807, 2.05) is 0 Å². The van der Waals surface area contributed by atoms with E-state index in [2.05, 4.69) is 9.71 Å². The standard InChI is InChI=1S/C18H17ClFN3O3S/c19-13-9-11(23-27(25,26)18-4-2-1-3-17(18)24)5-6-12(13)15-8-7-14(20)16(10-21)22-15/h5-9,17-18,23-24H,1-4H2. The highest BCUT2D eigenvalue weighted by Crippen LogP contribution is 2.31. The van der Waals surface area contributed by atoms with E-state index in [1.54, 1.807) is 12.1 Å². The number of anilines is 1. The molecule has 1 heterocycles. The van der Waals surface area contributed by atoms with Crippen molar-refractivity contribution in [3.05, 3.63) is 46.9 Å². The van der Waals surface area contributed by atoms with Crippen LogP contribution in [0.1, 0.15) is 31.4 Å². The first kappa shape index (κ1) is 19.5. The summed E-state index contributed by atoms with van der Waals surface area (Å²) in [7, 11) is -3.76. The summed E-state index contributed by atoms with van der Waals surface area (Å²) in [6.07, 6.45) is 1.53. The normalized spacial score (nSPS) is 20.1. The van der Waals surface area contributed by atoms with Gasteiger partial charge in [0.25, 0.3) is 0 Å². The fourth-order valence-electron chi connectivity index (χ4n) is 3.14. The molecule has 1 aromatic heterocycles. The summed E-state index contributed by atoms with van der Waals surface area (Å²) in [6.45, 7) is 0. The predicted molar refractivity (Wildman–Crippen MR) is 100 cm³/mol. The number of nitrogens with zero attached hydrogens (tertiary/aromatic N) is 2. The maximum Gasteiger partial charge on any atom is 0.238 e. The van der Waals surface area contributed by atoms with Gasteiger partial charge in [0.15, 0.2) is 11.5 Å². The minimum absolute atomic E-state index is 0.197. The minimum Gasteiger partial charge on any atom is -0.392 e. The molecule has 1 saturated carbocycles. The van der Waals surface area contributed by atoms with Crippen LogP contribution in [0, 0.1) is 17.1 Å². The van der Waals surface area contributed by atoms with E-state index >= 15 is 0 Å². The molecule has 2 aromatic rings. The van der Waals surface area contributed by atoms with Crippen LogP contribution in [0.2, 0.25) is 5.02 Å². The molecule has 0 spiro atoms. The topological polar surface area (TPSA) is 103 Å². The van der Waals surface area contributed by atoms with Gasteiger partial charge in [-0.05, 0) is 43.2 Å². The third-order valence-electron chi connectivity index (χ3n) is 4.52. The second kappa shape index (κ2) is 7.80. The summed E-state index contributed by atoms with van der Waals surface area (Å²) in [5.41, 5.74) is 0.646. The Morgan fingerprint density at radius 3 is 2.67 bits per heavy atom. The summed E-state index contributed by atoms with van der Waals surface area (Å²) < 4.78 is 41.0. The monoisotopic (exact) mass is 409 g/mol. The molecule has 2 atom stereocenters. The van der Waals surface area contributed by atoms with Gasteiger partial charge >= 0.3 is 0 Å². The molecule has 2 N–H and O–H groups in total. The molecular weight excluding hydrogens is 393 g/mol. The van der Waals surface area contributed by atoms with E-state index in [4.69, 9.17) is 16.9 Å². The van der Waals surface area contributed by atoms with Crippen LogP contribution < -0.4 is 4.72 Å². The number of sulfonamides is 1. The van der Waals surface area contributed by atoms with Crippen molar-refractivity contribution in [1.82, 2.24) is 4.98 Å². The zero-order valence-corrected chi connectivity index (χ0v) is 15.8. The van der Waals surface area contributed by atoms with Gasteiger partial charge in [0, 0.05) is 5.56 Å². The van der Waals surface area contributed by atoms with Gasteiger partial charge in [-0.3, -0.25) is 4.72 Å². The summed E-state index contributed by atoms with van der Waals surface area (Å²) in [5.74, 6) is -0.729. The van der Waals surface area contributed by atoms with Crippen LogP contribution in [-0.2, 0) is 10.0 Å². The van der Waals surface area contributed by atoms with Gasteiger partial charge in [-0.25, -0.2) is 17.8 Å². The first-order valence-electron chi connectivity index (χ1n) is 8.38. The predicted octanol–water partition coefficient (Wildman–Crippen LogP) is 3.46. The molecule has 0 aliphatic heterocycles. The van der Waals surface area contributed by atoms with Crippen molar-refractivity contribution in [2.45, 2.75) is 37.0 Å². The number of aliphatic hydroxyl groups is 1. The number of hydrogen-bond acceptors (Lipinski definition) is 5. The van der Waals surface area contributed by atoms with Crippen LogP contribution in [-0.4, -0.2) is 29.9 Å². The number of aromatic nitrogens is 1. The number of benzene rings is 1. The van der Waals surface area contributed by atoms with E-state index in [1.165, 1.54) is 18.2 Å². The Kier molecular flexibility index (Phi) is 5.65. The smallest absolute Gasteiger partial charge is 0.238 e. The van der Waals surface area contributed by atoms with Crippen LogP contribution in [0.15, 0.2) is 30.3 Å². The van der Waals surface area contributed by atoms with Gasteiger partial charge in [-0.15, -0.1) is 0 Å². The summed E-state index contributed by atoms with van der Waals surface area (Å²) in [4.78, 5) is 3.92. The second-order valence-corrected chi connectivity index (χ2v) is 8.68. The van der Waals surface area contributed by atoms with Crippen LogP contribution in [0.4, 0.5) is 10.1 Å². The average Bonchev–Trinajstić information content (AvgIpc) is 2.62. The van der Waals surface area contributed by atoms with E-state index in [0.717, 1.165) is 18.9 Å². The van der Waals surface area contributed by atoms with Gasteiger partial charge in [-0.2, -0.15) is 5.26 Å². The maximum atomic E-state index is 13.4. The van der Waals surface area contributed by atoms with Crippen LogP contribution in [0.5, 0.6) is 0 Å².